The number of hydrogen-bond acceptors (Lipinski definition) is 2. The van der Waals surface area contributed by atoms with Crippen LogP contribution in [0.1, 0.15) is 5.56 Å². The molecule has 0 radical (unpaired) electrons. The van der Waals surface area contributed by atoms with Crippen molar-refractivity contribution in [2.24, 2.45) is 0 Å². The average molecular weight is 291 g/mol. The molecule has 0 heterocycles. The van der Waals surface area contributed by atoms with Crippen LogP contribution in [0.15, 0.2) is 21.1 Å². The maximum atomic E-state index is 8.33. The van der Waals surface area contributed by atoms with E-state index in [0.717, 1.165) is 14.5 Å². The highest BCUT2D eigenvalue weighted by molar-refractivity contribution is 9.11. The monoisotopic (exact) mass is 289 g/mol. The molecule has 4 heteroatoms. The van der Waals surface area contributed by atoms with E-state index < -0.39 is 0 Å². The number of ether oxygens (including phenoxy) is 1. The van der Waals surface area contributed by atoms with Crippen LogP contribution in [0.2, 0.25) is 0 Å². The summed E-state index contributed by atoms with van der Waals surface area (Å²) in [5.41, 5.74) is 0.915. The molecule has 0 fully saturated rings. The predicted octanol–water partition coefficient (Wildman–Crippen LogP) is 3.38. The minimum atomic E-state index is 0.570. The van der Waals surface area contributed by atoms with E-state index in [1.807, 2.05) is 19.1 Å². The van der Waals surface area contributed by atoms with Gasteiger partial charge in [-0.05, 0) is 40.5 Å². The number of benzene rings is 1. The highest BCUT2D eigenvalue weighted by atomic mass is 79.9. The molecule has 0 spiro atoms. The third-order valence-corrected chi connectivity index (χ3v) is 2.39. The lowest BCUT2D eigenvalue weighted by Gasteiger charge is -2.04. The standard InChI is InChI=1S/C8H5Br2NO/c1-5-2-6(9)3-7(10)8(5)12-4-11/h2-3H,1H3. The molecular weight excluding hydrogens is 286 g/mol. The summed E-state index contributed by atoms with van der Waals surface area (Å²) in [5, 5.41) is 8.33. The van der Waals surface area contributed by atoms with Gasteiger partial charge in [0.25, 0.3) is 6.26 Å². The molecule has 12 heavy (non-hydrogen) atoms. The third kappa shape index (κ3) is 1.99. The van der Waals surface area contributed by atoms with Gasteiger partial charge in [-0.3, -0.25) is 0 Å². The zero-order chi connectivity index (χ0) is 9.14. The number of rotatable bonds is 1. The van der Waals surface area contributed by atoms with Crippen molar-refractivity contribution in [2.45, 2.75) is 6.92 Å². The molecule has 0 bridgehead atoms. The molecule has 1 aromatic carbocycles. The molecule has 0 atom stereocenters. The fourth-order valence-electron chi connectivity index (χ4n) is 0.864. The van der Waals surface area contributed by atoms with Crippen molar-refractivity contribution < 1.29 is 4.74 Å². The molecule has 0 unspecified atom stereocenters. The second-order valence-corrected chi connectivity index (χ2v) is 4.00. The summed E-state index contributed by atoms with van der Waals surface area (Å²) in [6, 6.07) is 3.72. The number of halogens is 2. The van der Waals surface area contributed by atoms with Gasteiger partial charge in [0, 0.05) is 4.47 Å². The van der Waals surface area contributed by atoms with Crippen molar-refractivity contribution >= 4 is 31.9 Å². The Balaban J connectivity index is 3.21. The summed E-state index contributed by atoms with van der Waals surface area (Å²) in [7, 11) is 0. The molecule has 2 nitrogen and oxygen atoms in total. The summed E-state index contributed by atoms with van der Waals surface area (Å²) in [5.74, 6) is 0.570. The van der Waals surface area contributed by atoms with E-state index in [0.29, 0.717) is 5.75 Å². The number of nitriles is 1. The first kappa shape index (κ1) is 9.56. The second kappa shape index (κ2) is 3.92. The SMILES string of the molecule is Cc1cc(Br)cc(Br)c1OC#N. The van der Waals surface area contributed by atoms with Crippen LogP contribution in [0.5, 0.6) is 5.75 Å². The molecule has 0 aliphatic carbocycles. The smallest absolute Gasteiger partial charge is 0.292 e. The maximum absolute atomic E-state index is 8.33. The first-order valence-corrected chi connectivity index (χ1v) is 4.75. The van der Waals surface area contributed by atoms with Gasteiger partial charge in [-0.15, -0.1) is 5.26 Å². The lowest BCUT2D eigenvalue weighted by atomic mass is 10.2. The quantitative estimate of drug-likeness (QED) is 0.743. The van der Waals surface area contributed by atoms with Crippen LogP contribution in [0.25, 0.3) is 0 Å². The van der Waals surface area contributed by atoms with Gasteiger partial charge < -0.3 is 4.74 Å². The normalized spacial score (nSPS) is 9.17. The minimum absolute atomic E-state index is 0.570. The van der Waals surface area contributed by atoms with Crippen LogP contribution >= 0.6 is 31.9 Å². The Morgan fingerprint density at radius 3 is 2.58 bits per heavy atom. The Labute approximate surface area is 87.4 Å². The Morgan fingerprint density at radius 1 is 1.42 bits per heavy atom. The summed E-state index contributed by atoms with van der Waals surface area (Å²) in [6.45, 7) is 1.88. The van der Waals surface area contributed by atoms with Crippen LogP contribution < -0.4 is 4.74 Å². The highest BCUT2D eigenvalue weighted by Gasteiger charge is 2.06. The van der Waals surface area contributed by atoms with Crippen molar-refractivity contribution in [3.63, 3.8) is 0 Å². The molecule has 62 valence electrons. The molecule has 0 amide bonds. The topological polar surface area (TPSA) is 33.0 Å². The predicted molar refractivity (Wildman–Crippen MR) is 52.8 cm³/mol. The van der Waals surface area contributed by atoms with Crippen molar-refractivity contribution in [1.29, 1.82) is 5.26 Å². The summed E-state index contributed by atoms with van der Waals surface area (Å²) < 4.78 is 6.49. The van der Waals surface area contributed by atoms with Gasteiger partial charge in [-0.2, -0.15) is 0 Å². The fraction of sp³-hybridized carbons (Fsp3) is 0.125. The molecule has 0 N–H and O–H groups in total. The number of nitrogens with zero attached hydrogens (tertiary/aromatic N) is 1. The molecule has 0 aliphatic rings. The molecule has 0 saturated heterocycles. The average Bonchev–Trinajstić information content (AvgIpc) is 1.96. The van der Waals surface area contributed by atoms with Gasteiger partial charge in [0.1, 0.15) is 0 Å². The lowest BCUT2D eigenvalue weighted by molar-refractivity contribution is 0.499. The molecule has 1 rings (SSSR count). The Kier molecular flexibility index (Phi) is 3.12. The van der Waals surface area contributed by atoms with Gasteiger partial charge >= 0.3 is 0 Å². The fourth-order valence-corrected chi connectivity index (χ4v) is 2.38. The summed E-state index contributed by atoms with van der Waals surface area (Å²) in [4.78, 5) is 0. The van der Waals surface area contributed by atoms with Crippen LogP contribution in [-0.2, 0) is 0 Å². The van der Waals surface area contributed by atoms with E-state index in [-0.39, 0.29) is 0 Å². The Hall–Kier alpha value is -0.530. The molecular formula is C8H5Br2NO. The minimum Gasteiger partial charge on any atom is -0.387 e. The number of aryl methyl sites for hydroxylation is 1. The van der Waals surface area contributed by atoms with E-state index >= 15 is 0 Å². The van der Waals surface area contributed by atoms with E-state index in [2.05, 4.69) is 31.9 Å². The maximum Gasteiger partial charge on any atom is 0.292 e. The summed E-state index contributed by atoms with van der Waals surface area (Å²) in [6.07, 6.45) is 1.64. The first-order chi connectivity index (χ1) is 5.65. The zero-order valence-corrected chi connectivity index (χ0v) is 9.44. The van der Waals surface area contributed by atoms with Crippen molar-refractivity contribution in [3.05, 3.63) is 26.6 Å². The van der Waals surface area contributed by atoms with Crippen molar-refractivity contribution in [1.82, 2.24) is 0 Å². The Morgan fingerprint density at radius 2 is 2.08 bits per heavy atom. The van der Waals surface area contributed by atoms with Gasteiger partial charge in [0.15, 0.2) is 5.75 Å². The zero-order valence-electron chi connectivity index (χ0n) is 6.27. The van der Waals surface area contributed by atoms with Crippen LogP contribution in [-0.4, -0.2) is 0 Å². The second-order valence-electron chi connectivity index (χ2n) is 2.23. The van der Waals surface area contributed by atoms with E-state index in [1.54, 1.807) is 6.26 Å². The lowest BCUT2D eigenvalue weighted by Crippen LogP contribution is -1.87. The largest absolute Gasteiger partial charge is 0.387 e. The van der Waals surface area contributed by atoms with Crippen LogP contribution in [0.3, 0.4) is 0 Å². The van der Waals surface area contributed by atoms with E-state index in [4.69, 9.17) is 10.00 Å². The van der Waals surface area contributed by atoms with Crippen LogP contribution in [0, 0.1) is 18.4 Å². The van der Waals surface area contributed by atoms with E-state index in [1.165, 1.54) is 0 Å². The Bertz CT molecular complexity index is 320. The number of hydrogen-bond donors (Lipinski definition) is 0. The van der Waals surface area contributed by atoms with E-state index in [9.17, 15) is 0 Å². The van der Waals surface area contributed by atoms with Gasteiger partial charge in [-0.1, -0.05) is 15.9 Å². The first-order valence-electron chi connectivity index (χ1n) is 3.16. The molecule has 0 saturated carbocycles. The highest BCUT2D eigenvalue weighted by Crippen LogP contribution is 2.31. The van der Waals surface area contributed by atoms with Crippen molar-refractivity contribution in [2.75, 3.05) is 0 Å². The van der Waals surface area contributed by atoms with Crippen molar-refractivity contribution in [3.8, 4) is 12.0 Å². The molecule has 0 aromatic heterocycles. The summed E-state index contributed by atoms with van der Waals surface area (Å²) >= 11 is 6.62. The van der Waals surface area contributed by atoms with Crippen LogP contribution in [0.4, 0.5) is 0 Å². The molecule has 1 aromatic rings. The molecule has 0 aliphatic heterocycles. The third-order valence-electron chi connectivity index (χ3n) is 1.34. The van der Waals surface area contributed by atoms with Gasteiger partial charge in [0.2, 0.25) is 0 Å². The van der Waals surface area contributed by atoms with Gasteiger partial charge in [-0.25, -0.2) is 0 Å². The van der Waals surface area contributed by atoms with Gasteiger partial charge in [0.05, 0.1) is 4.47 Å².